The van der Waals surface area contributed by atoms with Crippen molar-refractivity contribution in [1.29, 1.82) is 0 Å². The number of carbonyl (C=O) groups excluding carboxylic acids is 2. The highest BCUT2D eigenvalue weighted by molar-refractivity contribution is 7.89. The second-order valence-electron chi connectivity index (χ2n) is 11.8. The third-order valence-corrected chi connectivity index (χ3v) is 7.24. The molecule has 3 N–H and O–H groups in total. The number of carbonyl (C=O) groups is 2. The van der Waals surface area contributed by atoms with Crippen LogP contribution < -0.4 is 15.4 Å². The number of benzene rings is 1. The summed E-state index contributed by atoms with van der Waals surface area (Å²) in [6, 6.07) is 1.75. The van der Waals surface area contributed by atoms with E-state index in [0.29, 0.717) is 21.9 Å². The van der Waals surface area contributed by atoms with Crippen molar-refractivity contribution in [2.75, 3.05) is 6.54 Å². The number of sulfonamides is 1. The van der Waals surface area contributed by atoms with E-state index >= 15 is 0 Å². The molecule has 2 atom stereocenters. The second kappa shape index (κ2) is 10.9. The molecule has 10 nitrogen and oxygen atoms in total. The van der Waals surface area contributed by atoms with Crippen LogP contribution in [0.1, 0.15) is 85.0 Å². The molecular weight excluding hydrogens is 532 g/mol. The van der Waals surface area contributed by atoms with Crippen molar-refractivity contribution >= 4 is 44.6 Å². The fourth-order valence-corrected chi connectivity index (χ4v) is 5.81. The minimum atomic E-state index is -3.96. The molecule has 0 fully saturated rings. The van der Waals surface area contributed by atoms with Gasteiger partial charge in [-0.2, -0.15) is 0 Å². The summed E-state index contributed by atoms with van der Waals surface area (Å²) >= 11 is 6.18. The van der Waals surface area contributed by atoms with Crippen molar-refractivity contribution in [1.82, 2.24) is 20.3 Å². The van der Waals surface area contributed by atoms with E-state index in [9.17, 15) is 18.0 Å². The Bertz CT molecular complexity index is 1330. The normalized spacial score (nSPS) is 17.8. The molecule has 2 amide bonds. The predicted molar refractivity (Wildman–Crippen MR) is 146 cm³/mol. The zero-order valence-corrected chi connectivity index (χ0v) is 24.6. The highest BCUT2D eigenvalue weighted by atomic mass is 35.5. The number of hydrogen-bond acceptors (Lipinski definition) is 7. The van der Waals surface area contributed by atoms with Crippen LogP contribution in [-0.2, 0) is 19.5 Å². The first-order valence-corrected chi connectivity index (χ1v) is 14.3. The SMILES string of the molecule is CC(C)CNS(=O)(=O)c1cc2c(c3cnc(Cl)cc13)[C@@H](NC(=O)OC(C)(C)C)C[C@@H]2NC(=O)OC(C)(C)C. The van der Waals surface area contributed by atoms with Gasteiger partial charge in [0, 0.05) is 23.5 Å². The van der Waals surface area contributed by atoms with E-state index in [4.69, 9.17) is 21.1 Å². The van der Waals surface area contributed by atoms with Crippen molar-refractivity contribution < 1.29 is 27.5 Å². The largest absolute Gasteiger partial charge is 0.444 e. The zero-order chi connectivity index (χ0) is 28.6. The predicted octanol–water partition coefficient (Wildman–Crippen LogP) is 5.36. The standard InChI is InChI=1S/C26H37ClN4O6S/c1-14(2)12-29-38(34,35)20-9-16-18(30-23(32)36-25(3,4)5)11-19(31-24(33)37-26(6,7)8)22(16)17-13-28-21(27)10-15(17)20/h9-10,13-14,18-19,29H,11-12H2,1-8H3,(H,30,32)(H,31,33)/t18-,19-/m0/s1. The van der Waals surface area contributed by atoms with Crippen molar-refractivity contribution in [2.45, 2.75) is 90.0 Å². The van der Waals surface area contributed by atoms with Gasteiger partial charge in [0.1, 0.15) is 16.4 Å². The van der Waals surface area contributed by atoms with Crippen molar-refractivity contribution in [3.63, 3.8) is 0 Å². The number of hydrogen-bond donors (Lipinski definition) is 3. The lowest BCUT2D eigenvalue weighted by Gasteiger charge is -2.23. The summed E-state index contributed by atoms with van der Waals surface area (Å²) in [6.45, 7) is 14.5. The van der Waals surface area contributed by atoms with Gasteiger partial charge in [0.05, 0.1) is 17.0 Å². The van der Waals surface area contributed by atoms with Crippen LogP contribution in [0.15, 0.2) is 23.2 Å². The molecule has 38 heavy (non-hydrogen) atoms. The second-order valence-corrected chi connectivity index (χ2v) is 13.9. The van der Waals surface area contributed by atoms with Gasteiger partial charge < -0.3 is 20.1 Å². The van der Waals surface area contributed by atoms with E-state index < -0.39 is 45.5 Å². The Morgan fingerprint density at radius 3 is 2.08 bits per heavy atom. The molecule has 1 aromatic heterocycles. The Morgan fingerprint density at radius 2 is 1.55 bits per heavy atom. The quantitative estimate of drug-likeness (QED) is 0.399. The number of pyridine rings is 1. The Hall–Kier alpha value is -2.63. The van der Waals surface area contributed by atoms with Gasteiger partial charge in [-0.1, -0.05) is 25.4 Å². The van der Waals surface area contributed by atoms with Gasteiger partial charge in [0.25, 0.3) is 0 Å². The van der Waals surface area contributed by atoms with Crippen molar-refractivity contribution in [3.8, 4) is 0 Å². The Morgan fingerprint density at radius 1 is 1.00 bits per heavy atom. The van der Waals surface area contributed by atoms with E-state index in [-0.39, 0.29) is 28.9 Å². The molecule has 1 aromatic carbocycles. The van der Waals surface area contributed by atoms with Crippen molar-refractivity contribution in [2.24, 2.45) is 5.92 Å². The van der Waals surface area contributed by atoms with Crippen LogP contribution >= 0.6 is 11.6 Å². The Labute approximate surface area is 229 Å². The molecule has 0 saturated heterocycles. The van der Waals surface area contributed by atoms with Gasteiger partial charge in [-0.25, -0.2) is 27.7 Å². The van der Waals surface area contributed by atoms with Crippen LogP contribution in [0.2, 0.25) is 5.15 Å². The first-order valence-electron chi connectivity index (χ1n) is 12.5. The van der Waals surface area contributed by atoms with Crippen LogP contribution in [0.25, 0.3) is 10.8 Å². The fraction of sp³-hybridized carbons (Fsp3) is 0.577. The lowest BCUT2D eigenvalue weighted by atomic mass is 10.00. The maximum absolute atomic E-state index is 13.4. The average Bonchev–Trinajstić information content (AvgIpc) is 3.05. The number of fused-ring (bicyclic) bond motifs is 3. The first kappa shape index (κ1) is 29.9. The molecule has 1 heterocycles. The van der Waals surface area contributed by atoms with Gasteiger partial charge in [-0.05, 0) is 77.1 Å². The van der Waals surface area contributed by atoms with E-state index in [0.717, 1.165) is 0 Å². The number of halogens is 1. The van der Waals surface area contributed by atoms with E-state index in [1.54, 1.807) is 41.5 Å². The minimum Gasteiger partial charge on any atom is -0.444 e. The maximum Gasteiger partial charge on any atom is 0.408 e. The number of ether oxygens (including phenoxy) is 2. The molecule has 0 spiro atoms. The number of aromatic nitrogens is 1. The van der Waals surface area contributed by atoms with Crippen LogP contribution in [0.3, 0.4) is 0 Å². The van der Waals surface area contributed by atoms with E-state index in [1.807, 2.05) is 13.8 Å². The highest BCUT2D eigenvalue weighted by Crippen LogP contribution is 2.45. The molecule has 2 aromatic rings. The van der Waals surface area contributed by atoms with Crippen LogP contribution in [0.4, 0.5) is 9.59 Å². The molecule has 0 bridgehead atoms. The lowest BCUT2D eigenvalue weighted by molar-refractivity contribution is 0.0492. The number of alkyl carbamates (subject to hydrolysis) is 2. The third-order valence-electron chi connectivity index (χ3n) is 5.57. The summed E-state index contributed by atoms with van der Waals surface area (Å²) in [4.78, 5) is 29.6. The molecule has 1 aliphatic rings. The molecular formula is C26H37ClN4O6S. The van der Waals surface area contributed by atoms with Crippen LogP contribution in [-0.4, -0.2) is 43.3 Å². The number of rotatable bonds is 6. The molecule has 12 heteroatoms. The van der Waals surface area contributed by atoms with Gasteiger partial charge >= 0.3 is 12.2 Å². The smallest absolute Gasteiger partial charge is 0.408 e. The van der Waals surface area contributed by atoms with E-state index in [1.165, 1.54) is 18.3 Å². The first-order chi connectivity index (χ1) is 17.4. The third kappa shape index (κ3) is 7.48. The number of nitrogens with zero attached hydrogens (tertiary/aromatic N) is 1. The van der Waals surface area contributed by atoms with Gasteiger partial charge in [0.2, 0.25) is 10.0 Å². The Balaban J connectivity index is 2.17. The average molecular weight is 569 g/mol. The summed E-state index contributed by atoms with van der Waals surface area (Å²) in [5.74, 6) is 0.0831. The van der Waals surface area contributed by atoms with Gasteiger partial charge in [0.15, 0.2) is 0 Å². The summed E-state index contributed by atoms with van der Waals surface area (Å²) < 4.78 is 40.4. The molecule has 0 radical (unpaired) electrons. The summed E-state index contributed by atoms with van der Waals surface area (Å²) in [5, 5.41) is 6.67. The lowest BCUT2D eigenvalue weighted by Crippen LogP contribution is -2.36. The highest BCUT2D eigenvalue weighted by Gasteiger charge is 2.38. The van der Waals surface area contributed by atoms with Gasteiger partial charge in [-0.15, -0.1) is 0 Å². The fourth-order valence-electron chi connectivity index (χ4n) is 4.20. The maximum atomic E-state index is 13.4. The minimum absolute atomic E-state index is 0.00473. The summed E-state index contributed by atoms with van der Waals surface area (Å²) in [7, 11) is -3.96. The van der Waals surface area contributed by atoms with E-state index in [2.05, 4.69) is 20.3 Å². The topological polar surface area (TPSA) is 136 Å². The molecule has 0 unspecified atom stereocenters. The monoisotopic (exact) mass is 568 g/mol. The van der Waals surface area contributed by atoms with Crippen LogP contribution in [0.5, 0.6) is 0 Å². The summed E-state index contributed by atoms with van der Waals surface area (Å²) in [5.41, 5.74) is -0.312. The zero-order valence-electron chi connectivity index (χ0n) is 23.1. The molecule has 0 aliphatic heterocycles. The molecule has 1 aliphatic carbocycles. The molecule has 3 rings (SSSR count). The van der Waals surface area contributed by atoms with Crippen molar-refractivity contribution in [3.05, 3.63) is 34.6 Å². The number of amides is 2. The number of nitrogens with one attached hydrogen (secondary N) is 3. The molecule has 0 saturated carbocycles. The molecule has 210 valence electrons. The summed E-state index contributed by atoms with van der Waals surface area (Å²) in [6.07, 6.45) is 0.422. The Kier molecular flexibility index (Phi) is 8.55. The van der Waals surface area contributed by atoms with Crippen LogP contribution in [0, 0.1) is 5.92 Å². The van der Waals surface area contributed by atoms with Gasteiger partial charge in [-0.3, -0.25) is 0 Å².